The molecule has 1 saturated heterocycles. The Morgan fingerprint density at radius 1 is 1.53 bits per heavy atom. The Hall–Kier alpha value is 0.160. The summed E-state index contributed by atoms with van der Waals surface area (Å²) >= 11 is 6.70. The molecule has 0 bridgehead atoms. The van der Waals surface area contributed by atoms with E-state index in [9.17, 15) is 0 Å². The van der Waals surface area contributed by atoms with Gasteiger partial charge in [0.05, 0.1) is 17.1 Å². The highest BCUT2D eigenvalue weighted by molar-refractivity contribution is 9.13. The van der Waals surface area contributed by atoms with Gasteiger partial charge in [0.25, 0.3) is 0 Å². The predicted octanol–water partition coefficient (Wildman–Crippen LogP) is 3.07. The van der Waals surface area contributed by atoms with Crippen molar-refractivity contribution < 1.29 is 9.15 Å². The topological polar surface area (TPSA) is 34.4 Å². The van der Waals surface area contributed by atoms with E-state index in [0.717, 1.165) is 34.5 Å². The van der Waals surface area contributed by atoms with Gasteiger partial charge in [-0.25, -0.2) is 0 Å². The molecule has 0 spiro atoms. The second-order valence-corrected chi connectivity index (χ2v) is 5.26. The lowest BCUT2D eigenvalue weighted by Gasteiger charge is -2.14. The molecule has 1 aromatic heterocycles. The summed E-state index contributed by atoms with van der Waals surface area (Å²) in [6.07, 6.45) is 1.37. The Bertz CT molecular complexity index is 321. The number of ether oxygens (including phenoxy) is 1. The third-order valence-electron chi connectivity index (χ3n) is 2.61. The van der Waals surface area contributed by atoms with Crippen molar-refractivity contribution in [2.45, 2.75) is 32.0 Å². The molecule has 3 nitrogen and oxygen atoms in total. The molecule has 2 heterocycles. The highest BCUT2D eigenvalue weighted by atomic mass is 79.9. The summed E-state index contributed by atoms with van der Waals surface area (Å²) in [5.41, 5.74) is 0. The summed E-state index contributed by atoms with van der Waals surface area (Å²) in [5.74, 6) is 0.924. The second kappa shape index (κ2) is 4.99. The minimum atomic E-state index is 0.298. The number of nitrogens with one attached hydrogen (secondary N) is 1. The van der Waals surface area contributed by atoms with E-state index >= 15 is 0 Å². The minimum absolute atomic E-state index is 0.298. The van der Waals surface area contributed by atoms with Crippen molar-refractivity contribution >= 4 is 31.9 Å². The SMILES string of the molecule is CC1OCCC1NCc1cc(Br)c(Br)o1. The van der Waals surface area contributed by atoms with Gasteiger partial charge >= 0.3 is 0 Å². The molecule has 0 amide bonds. The van der Waals surface area contributed by atoms with Gasteiger partial charge in [0.1, 0.15) is 5.76 Å². The zero-order valence-electron chi connectivity index (χ0n) is 8.43. The van der Waals surface area contributed by atoms with E-state index in [0.29, 0.717) is 12.1 Å². The van der Waals surface area contributed by atoms with Gasteiger partial charge in [0.15, 0.2) is 4.67 Å². The van der Waals surface area contributed by atoms with Gasteiger partial charge in [0.2, 0.25) is 0 Å². The van der Waals surface area contributed by atoms with E-state index in [4.69, 9.17) is 9.15 Å². The fourth-order valence-corrected chi connectivity index (χ4v) is 2.37. The summed E-state index contributed by atoms with van der Waals surface area (Å²) in [6, 6.07) is 2.41. The average molecular weight is 339 g/mol. The van der Waals surface area contributed by atoms with Crippen LogP contribution in [0.25, 0.3) is 0 Å². The van der Waals surface area contributed by atoms with E-state index < -0.39 is 0 Å². The molecule has 2 rings (SSSR count). The van der Waals surface area contributed by atoms with Gasteiger partial charge in [-0.3, -0.25) is 0 Å². The van der Waals surface area contributed by atoms with Crippen LogP contribution in [0.3, 0.4) is 0 Å². The number of rotatable bonds is 3. The molecule has 0 radical (unpaired) electrons. The van der Waals surface area contributed by atoms with Crippen LogP contribution in [0, 0.1) is 0 Å². The number of hydrogen-bond acceptors (Lipinski definition) is 3. The Balaban J connectivity index is 1.87. The molecule has 0 aromatic carbocycles. The van der Waals surface area contributed by atoms with Gasteiger partial charge in [-0.15, -0.1) is 0 Å². The molecule has 1 aliphatic rings. The first-order valence-corrected chi connectivity index (χ1v) is 6.54. The molecule has 1 aliphatic heterocycles. The molecular weight excluding hydrogens is 326 g/mol. The first kappa shape index (κ1) is 11.6. The largest absolute Gasteiger partial charge is 0.452 e. The fourth-order valence-electron chi connectivity index (χ4n) is 1.71. The average Bonchev–Trinajstić information content (AvgIpc) is 2.72. The van der Waals surface area contributed by atoms with Crippen LogP contribution in [0.15, 0.2) is 19.6 Å². The van der Waals surface area contributed by atoms with Crippen molar-refractivity contribution in [3.05, 3.63) is 21.0 Å². The Morgan fingerprint density at radius 3 is 2.87 bits per heavy atom. The van der Waals surface area contributed by atoms with Crippen LogP contribution in [-0.4, -0.2) is 18.8 Å². The molecule has 0 saturated carbocycles. The summed E-state index contributed by atoms with van der Waals surface area (Å²) in [6.45, 7) is 3.69. The van der Waals surface area contributed by atoms with Crippen molar-refractivity contribution in [2.24, 2.45) is 0 Å². The van der Waals surface area contributed by atoms with Crippen LogP contribution < -0.4 is 5.32 Å². The molecular formula is C10H13Br2NO2. The molecule has 15 heavy (non-hydrogen) atoms. The maximum absolute atomic E-state index is 5.48. The third-order valence-corrected chi connectivity index (χ3v) is 4.32. The van der Waals surface area contributed by atoms with E-state index in [1.807, 2.05) is 6.07 Å². The highest BCUT2D eigenvalue weighted by Crippen LogP contribution is 2.26. The molecule has 5 heteroatoms. The summed E-state index contributed by atoms with van der Waals surface area (Å²) in [5, 5.41) is 3.43. The quantitative estimate of drug-likeness (QED) is 0.919. The monoisotopic (exact) mass is 337 g/mol. The number of hydrogen-bond donors (Lipinski definition) is 1. The summed E-state index contributed by atoms with van der Waals surface area (Å²) in [7, 11) is 0. The molecule has 84 valence electrons. The van der Waals surface area contributed by atoms with Gasteiger partial charge in [-0.2, -0.15) is 0 Å². The maximum atomic E-state index is 5.48. The zero-order valence-corrected chi connectivity index (χ0v) is 11.6. The molecule has 1 N–H and O–H groups in total. The minimum Gasteiger partial charge on any atom is -0.452 e. The third kappa shape index (κ3) is 2.84. The Morgan fingerprint density at radius 2 is 2.33 bits per heavy atom. The Labute approximate surface area is 106 Å². The van der Waals surface area contributed by atoms with Crippen molar-refractivity contribution in [1.29, 1.82) is 0 Å². The van der Waals surface area contributed by atoms with Crippen LogP contribution in [-0.2, 0) is 11.3 Å². The first-order valence-electron chi connectivity index (χ1n) is 4.95. The van der Waals surface area contributed by atoms with Gasteiger partial charge in [0, 0.05) is 12.6 Å². The van der Waals surface area contributed by atoms with Crippen LogP contribution in [0.1, 0.15) is 19.1 Å². The maximum Gasteiger partial charge on any atom is 0.183 e. The molecule has 2 atom stereocenters. The standard InChI is InChI=1S/C10H13Br2NO2/c1-6-9(2-3-14-6)13-5-7-4-8(11)10(12)15-7/h4,6,9,13H,2-3,5H2,1H3. The van der Waals surface area contributed by atoms with E-state index in [1.54, 1.807) is 0 Å². The predicted molar refractivity (Wildman–Crippen MR) is 64.8 cm³/mol. The number of halogens is 2. The smallest absolute Gasteiger partial charge is 0.183 e. The zero-order chi connectivity index (χ0) is 10.8. The lowest BCUT2D eigenvalue weighted by Crippen LogP contribution is -2.33. The molecule has 1 fully saturated rings. The van der Waals surface area contributed by atoms with E-state index in [2.05, 4.69) is 44.1 Å². The number of furan rings is 1. The van der Waals surface area contributed by atoms with Crippen molar-refractivity contribution in [1.82, 2.24) is 5.32 Å². The van der Waals surface area contributed by atoms with Crippen molar-refractivity contribution in [2.75, 3.05) is 6.61 Å². The summed E-state index contributed by atoms with van der Waals surface area (Å²) in [4.78, 5) is 0. The lowest BCUT2D eigenvalue weighted by atomic mass is 10.1. The molecule has 1 aromatic rings. The van der Waals surface area contributed by atoms with Gasteiger partial charge in [-0.1, -0.05) is 0 Å². The van der Waals surface area contributed by atoms with Gasteiger partial charge < -0.3 is 14.5 Å². The highest BCUT2D eigenvalue weighted by Gasteiger charge is 2.23. The van der Waals surface area contributed by atoms with Crippen LogP contribution in [0.2, 0.25) is 0 Å². The molecule has 2 unspecified atom stereocenters. The Kier molecular flexibility index (Phi) is 3.88. The van der Waals surface area contributed by atoms with Crippen LogP contribution in [0.4, 0.5) is 0 Å². The van der Waals surface area contributed by atoms with E-state index in [-0.39, 0.29) is 0 Å². The van der Waals surface area contributed by atoms with Crippen LogP contribution >= 0.6 is 31.9 Å². The fraction of sp³-hybridized carbons (Fsp3) is 0.600. The molecule has 0 aliphatic carbocycles. The van der Waals surface area contributed by atoms with Crippen molar-refractivity contribution in [3.63, 3.8) is 0 Å². The first-order chi connectivity index (χ1) is 7.16. The summed E-state index contributed by atoms with van der Waals surface area (Å²) < 4.78 is 12.6. The van der Waals surface area contributed by atoms with E-state index in [1.165, 1.54) is 0 Å². The van der Waals surface area contributed by atoms with Crippen molar-refractivity contribution in [3.8, 4) is 0 Å². The normalized spacial score (nSPS) is 26.1. The van der Waals surface area contributed by atoms with Crippen LogP contribution in [0.5, 0.6) is 0 Å². The second-order valence-electron chi connectivity index (χ2n) is 3.69. The lowest BCUT2D eigenvalue weighted by molar-refractivity contribution is 0.112. The van der Waals surface area contributed by atoms with Gasteiger partial charge in [-0.05, 0) is 51.3 Å².